The molecule has 182 valence electrons. The van der Waals surface area contributed by atoms with Crippen LogP contribution < -0.4 is 4.90 Å². The Morgan fingerprint density at radius 3 is 2.51 bits per heavy atom. The fourth-order valence-corrected chi connectivity index (χ4v) is 4.36. The molecule has 0 bridgehead atoms. The lowest BCUT2D eigenvalue weighted by Gasteiger charge is -2.36. The predicted octanol–water partition coefficient (Wildman–Crippen LogP) is 3.84. The molecule has 2 aromatic carbocycles. The lowest BCUT2D eigenvalue weighted by atomic mass is 9.84. The molecule has 0 spiro atoms. The minimum Gasteiger partial charge on any atom is -0.376 e. The summed E-state index contributed by atoms with van der Waals surface area (Å²) in [6, 6.07) is 7.50. The van der Waals surface area contributed by atoms with Crippen molar-refractivity contribution in [1.29, 1.82) is 0 Å². The Balaban J connectivity index is 1.39. The smallest absolute Gasteiger partial charge is 0.376 e. The minimum atomic E-state index is -4.78. The van der Waals surface area contributed by atoms with Gasteiger partial charge in [0, 0.05) is 17.7 Å². The van der Waals surface area contributed by atoms with Crippen LogP contribution in [0.25, 0.3) is 11.3 Å². The van der Waals surface area contributed by atoms with Gasteiger partial charge >= 0.3 is 6.18 Å². The van der Waals surface area contributed by atoms with E-state index >= 15 is 0 Å². The van der Waals surface area contributed by atoms with Crippen LogP contribution in [0.2, 0.25) is 0 Å². The van der Waals surface area contributed by atoms with Crippen LogP contribution in [0.1, 0.15) is 40.7 Å². The number of carbonyl (C=O) groups excluding carboxylic acids is 2. The number of amides is 1. The Bertz CT molecular complexity index is 1320. The molecule has 35 heavy (non-hydrogen) atoms. The molecule has 11 heteroatoms. The van der Waals surface area contributed by atoms with Crippen molar-refractivity contribution in [2.45, 2.75) is 38.1 Å². The van der Waals surface area contributed by atoms with E-state index in [0.717, 1.165) is 25.3 Å². The van der Waals surface area contributed by atoms with Gasteiger partial charge in [-0.15, -0.1) is 5.10 Å². The number of hydrogen-bond donors (Lipinski definition) is 1. The van der Waals surface area contributed by atoms with Crippen LogP contribution in [0.15, 0.2) is 42.6 Å². The molecule has 1 atom stereocenters. The maximum absolute atomic E-state index is 13.9. The first-order valence-corrected chi connectivity index (χ1v) is 11.1. The summed E-state index contributed by atoms with van der Waals surface area (Å²) in [7, 11) is 0. The van der Waals surface area contributed by atoms with Crippen LogP contribution in [0.5, 0.6) is 0 Å². The molecule has 1 unspecified atom stereocenters. The second-order valence-corrected chi connectivity index (χ2v) is 8.86. The van der Waals surface area contributed by atoms with Crippen molar-refractivity contribution in [3.8, 4) is 11.3 Å². The topological polar surface area (TPSA) is 88.3 Å². The lowest BCUT2D eigenvalue weighted by molar-refractivity contribution is -0.140. The number of carbonyl (C=O) groups is 2. The number of anilines is 1. The van der Waals surface area contributed by atoms with Gasteiger partial charge < -0.3 is 10.0 Å². The van der Waals surface area contributed by atoms with Gasteiger partial charge in [-0.2, -0.15) is 13.2 Å². The number of fused-ring (bicyclic) bond motifs is 1. The molecule has 5 rings (SSSR count). The van der Waals surface area contributed by atoms with E-state index in [9.17, 15) is 32.3 Å². The van der Waals surface area contributed by atoms with Gasteiger partial charge in [0.2, 0.25) is 5.78 Å². The lowest BCUT2D eigenvalue weighted by Crippen LogP contribution is -2.50. The third-order valence-corrected chi connectivity index (χ3v) is 6.48. The Hall–Kier alpha value is -3.60. The average Bonchev–Trinajstić information content (AvgIpc) is 3.24. The number of alkyl halides is 3. The largest absolute Gasteiger partial charge is 0.419 e. The van der Waals surface area contributed by atoms with Crippen LogP contribution in [0.3, 0.4) is 0 Å². The first-order chi connectivity index (χ1) is 16.6. The quantitative estimate of drug-likeness (QED) is 0.436. The van der Waals surface area contributed by atoms with E-state index in [4.69, 9.17) is 0 Å². The van der Waals surface area contributed by atoms with Gasteiger partial charge in [-0.25, -0.2) is 9.07 Å². The third-order valence-electron chi connectivity index (χ3n) is 6.48. The zero-order valence-electron chi connectivity index (χ0n) is 18.3. The molecule has 1 N–H and O–H groups in total. The number of nitrogens with zero attached hydrogens (tertiary/aromatic N) is 4. The van der Waals surface area contributed by atoms with Gasteiger partial charge in [-0.05, 0) is 48.6 Å². The summed E-state index contributed by atoms with van der Waals surface area (Å²) in [5.74, 6) is -2.36. The van der Waals surface area contributed by atoms with Gasteiger partial charge in [-0.1, -0.05) is 23.8 Å². The van der Waals surface area contributed by atoms with Crippen molar-refractivity contribution in [2.75, 3.05) is 11.4 Å². The average molecular weight is 488 g/mol. The standard InChI is InChI=1S/C24H20F4N4O3/c25-18-8-14(4-6-17(18)24(26,27)28)10-31-12-19(29-30-31)15-5-7-20-16(9-15)21(33)22(34)23(35)32(20)11-13-2-1-3-13/h4-9,12-13,22,34H,1-3,10-11H2. The molecule has 0 saturated heterocycles. The van der Waals surface area contributed by atoms with Gasteiger partial charge in [0.1, 0.15) is 11.5 Å². The van der Waals surface area contributed by atoms with Crippen LogP contribution in [0, 0.1) is 11.7 Å². The Morgan fingerprint density at radius 1 is 1.09 bits per heavy atom. The van der Waals surface area contributed by atoms with E-state index in [1.165, 1.54) is 27.9 Å². The molecule has 3 aromatic rings. The molecule has 7 nitrogen and oxygen atoms in total. The summed E-state index contributed by atoms with van der Waals surface area (Å²) in [4.78, 5) is 26.7. The zero-order chi connectivity index (χ0) is 24.9. The first kappa shape index (κ1) is 23.2. The summed E-state index contributed by atoms with van der Waals surface area (Å²) in [5, 5.41) is 18.2. The first-order valence-electron chi connectivity index (χ1n) is 11.1. The molecule has 1 amide bonds. The molecule has 2 heterocycles. The highest BCUT2D eigenvalue weighted by Crippen LogP contribution is 2.36. The van der Waals surface area contributed by atoms with Crippen molar-refractivity contribution in [3.63, 3.8) is 0 Å². The monoisotopic (exact) mass is 488 g/mol. The second-order valence-electron chi connectivity index (χ2n) is 8.86. The number of aliphatic hydroxyl groups is 1. The molecular weight excluding hydrogens is 468 g/mol. The van der Waals surface area contributed by atoms with E-state index < -0.39 is 35.4 Å². The highest BCUT2D eigenvalue weighted by Gasteiger charge is 2.40. The molecule has 2 aliphatic rings. The number of aliphatic hydroxyl groups excluding tert-OH is 1. The summed E-state index contributed by atoms with van der Waals surface area (Å²) in [6.07, 6.45) is -1.95. The van der Waals surface area contributed by atoms with Crippen molar-refractivity contribution < 1.29 is 32.3 Å². The van der Waals surface area contributed by atoms with Gasteiger partial charge in [0.15, 0.2) is 6.10 Å². The fourth-order valence-electron chi connectivity index (χ4n) is 4.36. The second kappa shape index (κ2) is 8.56. The van der Waals surface area contributed by atoms with Crippen molar-refractivity contribution in [1.82, 2.24) is 15.0 Å². The minimum absolute atomic E-state index is 0.0195. The maximum atomic E-state index is 13.9. The van der Waals surface area contributed by atoms with Crippen molar-refractivity contribution >= 4 is 17.4 Å². The normalized spacial score (nSPS) is 18.5. The van der Waals surface area contributed by atoms with Gasteiger partial charge in [0.05, 0.1) is 24.0 Å². The predicted molar refractivity (Wildman–Crippen MR) is 116 cm³/mol. The number of Topliss-reactive ketones (excluding diaryl/α,β-unsaturated/α-hetero) is 1. The Labute approximate surface area is 197 Å². The van der Waals surface area contributed by atoms with Crippen LogP contribution in [0.4, 0.5) is 23.2 Å². The molecule has 1 aliphatic heterocycles. The zero-order valence-corrected chi connectivity index (χ0v) is 18.3. The number of aromatic nitrogens is 3. The van der Waals surface area contributed by atoms with Gasteiger partial charge in [-0.3, -0.25) is 9.59 Å². The number of hydrogen-bond acceptors (Lipinski definition) is 5. The van der Waals surface area contributed by atoms with Crippen LogP contribution >= 0.6 is 0 Å². The fraction of sp³-hybridized carbons (Fsp3) is 0.333. The van der Waals surface area contributed by atoms with Crippen molar-refractivity contribution in [2.24, 2.45) is 5.92 Å². The number of rotatable bonds is 5. The maximum Gasteiger partial charge on any atom is 0.419 e. The summed E-state index contributed by atoms with van der Waals surface area (Å²) >= 11 is 0. The van der Waals surface area contributed by atoms with E-state index in [1.807, 2.05) is 0 Å². The third kappa shape index (κ3) is 4.31. The van der Waals surface area contributed by atoms with Gasteiger partial charge in [0.25, 0.3) is 5.91 Å². The van der Waals surface area contributed by atoms with E-state index in [2.05, 4.69) is 10.3 Å². The molecule has 1 aliphatic carbocycles. The number of halogens is 4. The Morgan fingerprint density at radius 2 is 1.86 bits per heavy atom. The van der Waals surface area contributed by atoms with Crippen LogP contribution in [-0.4, -0.2) is 44.4 Å². The SMILES string of the molecule is O=C1c2cc(-c3cn(Cc4ccc(C(F)(F)F)c(F)c4)nn3)ccc2N(CC2CCC2)C(=O)C1O. The molecule has 1 aromatic heterocycles. The number of benzene rings is 2. The highest BCUT2D eigenvalue weighted by atomic mass is 19.4. The van der Waals surface area contributed by atoms with Crippen LogP contribution in [-0.2, 0) is 17.5 Å². The Kier molecular flexibility index (Phi) is 5.66. The summed E-state index contributed by atoms with van der Waals surface area (Å²) < 4.78 is 53.5. The highest BCUT2D eigenvalue weighted by molar-refractivity contribution is 6.24. The number of ketones is 1. The molecule has 1 fully saturated rings. The molecule has 0 radical (unpaired) electrons. The van der Waals surface area contributed by atoms with E-state index in [0.29, 0.717) is 35.5 Å². The van der Waals surface area contributed by atoms with Crippen molar-refractivity contribution in [3.05, 3.63) is 65.1 Å². The summed E-state index contributed by atoms with van der Waals surface area (Å²) in [6.45, 7) is 0.420. The molecule has 1 saturated carbocycles. The van der Waals surface area contributed by atoms with E-state index in [1.54, 1.807) is 12.1 Å². The molecular formula is C24H20F4N4O3. The van der Waals surface area contributed by atoms with E-state index in [-0.39, 0.29) is 17.7 Å². The summed E-state index contributed by atoms with van der Waals surface area (Å²) in [5.41, 5.74) is 0.436.